The predicted octanol–water partition coefficient (Wildman–Crippen LogP) is 4.79. The largest absolute Gasteiger partial charge is 0.505 e. The van der Waals surface area contributed by atoms with E-state index in [1.807, 2.05) is 19.0 Å². The smallest absolute Gasteiger partial charge is 0.319 e. The highest BCUT2D eigenvalue weighted by Crippen LogP contribution is 2.47. The van der Waals surface area contributed by atoms with Gasteiger partial charge >= 0.3 is 5.69 Å². The van der Waals surface area contributed by atoms with Crippen molar-refractivity contribution in [2.45, 2.75) is 9.79 Å². The monoisotopic (exact) mass is 660 g/mol. The van der Waals surface area contributed by atoms with Crippen LogP contribution >= 0.6 is 0 Å². The minimum atomic E-state index is -5.28. The van der Waals surface area contributed by atoms with Gasteiger partial charge in [0.1, 0.15) is 16.3 Å². The number of phenolic OH excluding ortho intramolecular Hbond substituents is 2. The maximum Gasteiger partial charge on any atom is 0.319 e. The molecule has 234 valence electrons. The Kier molecular flexibility index (Phi) is 8.51. The highest BCUT2D eigenvalue weighted by molar-refractivity contribution is 7.86. The summed E-state index contributed by atoms with van der Waals surface area (Å²) < 4.78 is 68.1. The van der Waals surface area contributed by atoms with Gasteiger partial charge in [-0.2, -0.15) is 16.8 Å². The quantitative estimate of drug-likeness (QED) is 0.0618. The van der Waals surface area contributed by atoms with Gasteiger partial charge in [-0.15, -0.1) is 10.2 Å². The van der Waals surface area contributed by atoms with Gasteiger partial charge in [0.25, 0.3) is 25.9 Å². The number of aromatic hydroxyl groups is 2. The summed E-state index contributed by atoms with van der Waals surface area (Å²) in [7, 11) is -6.56. The second-order valence-electron chi connectivity index (χ2n) is 9.35. The molecule has 0 unspecified atom stereocenters. The SMILES string of the molecule is CN(C)c1ccc(C=Nc2cc(S(=O)(=O)O)cc3cc(S(=O)(=O)O)c(N=Nc4cc([N+](=O)[O-])cc([N+](=O)[O-])c4O)c(O)c23)cc1. The Morgan fingerprint density at radius 2 is 1.44 bits per heavy atom. The molecule has 4 rings (SSSR count). The summed E-state index contributed by atoms with van der Waals surface area (Å²) in [6.45, 7) is 0. The number of phenols is 2. The van der Waals surface area contributed by atoms with Gasteiger partial charge in [-0.3, -0.25) is 34.3 Å². The summed E-state index contributed by atoms with van der Waals surface area (Å²) in [4.78, 5) is 24.5. The van der Waals surface area contributed by atoms with Crippen molar-refractivity contribution in [2.24, 2.45) is 15.2 Å². The van der Waals surface area contributed by atoms with Crippen LogP contribution in [0.3, 0.4) is 0 Å². The lowest BCUT2D eigenvalue weighted by Crippen LogP contribution is -2.08. The first kappa shape index (κ1) is 32.3. The van der Waals surface area contributed by atoms with E-state index in [0.717, 1.165) is 17.8 Å². The minimum absolute atomic E-state index is 0.332. The third-order valence-electron chi connectivity index (χ3n) is 6.16. The topological polar surface area (TPSA) is 276 Å². The van der Waals surface area contributed by atoms with Crippen LogP contribution in [0.2, 0.25) is 0 Å². The van der Waals surface area contributed by atoms with E-state index >= 15 is 0 Å². The van der Waals surface area contributed by atoms with Crippen LogP contribution in [0, 0.1) is 20.2 Å². The molecule has 0 fully saturated rings. The fourth-order valence-electron chi connectivity index (χ4n) is 4.00. The van der Waals surface area contributed by atoms with Gasteiger partial charge in [0.15, 0.2) is 5.75 Å². The molecule has 0 heterocycles. The second kappa shape index (κ2) is 11.8. The molecule has 0 atom stereocenters. The standard InChI is InChI=1S/C25H20N6O12S2/c1-29(2)15-5-3-13(4-6-15)12-26-18-11-17(44(38,39)40)7-14-8-21(45(41,42)43)23(25(33)22(14)18)28-27-19-9-16(30(34)35)10-20(24(19)32)31(36)37/h3-12,32-33H,1-2H3,(H,38,39,40)(H,41,42,43). The van der Waals surface area contributed by atoms with Crippen LogP contribution in [0.4, 0.5) is 34.1 Å². The van der Waals surface area contributed by atoms with Crippen molar-refractivity contribution in [3.8, 4) is 11.5 Å². The van der Waals surface area contributed by atoms with E-state index in [2.05, 4.69) is 15.2 Å². The number of nitro groups is 2. The number of anilines is 1. The summed E-state index contributed by atoms with van der Waals surface area (Å²) in [6, 6.07) is 10.1. The third kappa shape index (κ3) is 6.83. The van der Waals surface area contributed by atoms with Gasteiger partial charge in [-0.05, 0) is 41.3 Å². The highest BCUT2D eigenvalue weighted by Gasteiger charge is 2.27. The molecule has 0 aliphatic rings. The average Bonchev–Trinajstić information content (AvgIpc) is 2.94. The molecule has 0 aliphatic heterocycles. The number of hydrogen-bond acceptors (Lipinski definition) is 14. The van der Waals surface area contributed by atoms with Gasteiger partial charge in [0.05, 0.1) is 31.9 Å². The van der Waals surface area contributed by atoms with Crippen molar-refractivity contribution < 1.29 is 46.0 Å². The molecule has 0 saturated heterocycles. The maximum atomic E-state index is 12.3. The van der Waals surface area contributed by atoms with Gasteiger partial charge < -0.3 is 15.1 Å². The maximum absolute atomic E-state index is 12.3. The molecule has 0 spiro atoms. The van der Waals surface area contributed by atoms with E-state index in [0.29, 0.717) is 23.8 Å². The van der Waals surface area contributed by atoms with Crippen LogP contribution < -0.4 is 4.90 Å². The van der Waals surface area contributed by atoms with Crippen LogP contribution in [-0.2, 0) is 20.2 Å². The van der Waals surface area contributed by atoms with Gasteiger partial charge in [0, 0.05) is 32.1 Å². The molecule has 0 aliphatic carbocycles. The number of nitrogens with zero attached hydrogens (tertiary/aromatic N) is 6. The van der Waals surface area contributed by atoms with Crippen LogP contribution in [0.1, 0.15) is 5.56 Å². The molecule has 4 aromatic carbocycles. The first-order chi connectivity index (χ1) is 20.9. The molecule has 4 aromatic rings. The zero-order valence-corrected chi connectivity index (χ0v) is 24.5. The third-order valence-corrected chi connectivity index (χ3v) is 7.86. The number of hydrogen-bond donors (Lipinski definition) is 4. The number of non-ortho nitro benzene ring substituents is 1. The summed E-state index contributed by atoms with van der Waals surface area (Å²) in [5.74, 6) is -2.24. The molecule has 20 heteroatoms. The molecule has 4 N–H and O–H groups in total. The van der Waals surface area contributed by atoms with Crippen LogP contribution in [0.15, 0.2) is 79.6 Å². The molecule has 0 aromatic heterocycles. The average molecular weight is 661 g/mol. The summed E-state index contributed by atoms with van der Waals surface area (Å²) in [5.41, 5.74) is -2.90. The van der Waals surface area contributed by atoms with E-state index < -0.39 is 74.1 Å². The lowest BCUT2D eigenvalue weighted by Gasteiger charge is -2.13. The van der Waals surface area contributed by atoms with Crippen molar-refractivity contribution >= 4 is 71.3 Å². The molecule has 18 nitrogen and oxygen atoms in total. The number of nitro benzene ring substituents is 2. The first-order valence-electron chi connectivity index (χ1n) is 12.1. The Hall–Kier alpha value is -5.57. The summed E-state index contributed by atoms with van der Waals surface area (Å²) in [5, 5.41) is 50.2. The van der Waals surface area contributed by atoms with Crippen LogP contribution in [0.5, 0.6) is 11.5 Å². The van der Waals surface area contributed by atoms with Crippen molar-refractivity contribution in [1.29, 1.82) is 0 Å². The predicted molar refractivity (Wildman–Crippen MR) is 159 cm³/mol. The normalized spacial score (nSPS) is 12.3. The van der Waals surface area contributed by atoms with Crippen molar-refractivity contribution in [1.82, 2.24) is 0 Å². The lowest BCUT2D eigenvalue weighted by molar-refractivity contribution is -0.394. The zero-order chi connectivity index (χ0) is 33.4. The van der Waals surface area contributed by atoms with Gasteiger partial charge in [0.2, 0.25) is 5.75 Å². The second-order valence-corrected chi connectivity index (χ2v) is 12.2. The number of benzene rings is 4. The number of azo groups is 1. The first-order valence-corrected chi connectivity index (χ1v) is 14.9. The molecule has 0 radical (unpaired) electrons. The molecular weight excluding hydrogens is 640 g/mol. The number of fused-ring (bicyclic) bond motifs is 1. The van der Waals surface area contributed by atoms with Gasteiger partial charge in [-0.25, -0.2) is 0 Å². The Bertz CT molecular complexity index is 2170. The summed E-state index contributed by atoms with van der Waals surface area (Å²) in [6.07, 6.45) is 1.26. The fourth-order valence-corrected chi connectivity index (χ4v) is 5.19. The Morgan fingerprint density at radius 1 is 0.800 bits per heavy atom. The van der Waals surface area contributed by atoms with Crippen molar-refractivity contribution in [2.75, 3.05) is 19.0 Å². The Balaban J connectivity index is 2.01. The number of aliphatic imine (C=N–C) groups is 1. The minimum Gasteiger partial charge on any atom is -0.505 e. The molecular formula is C25H20N6O12S2. The van der Waals surface area contributed by atoms with Crippen LogP contribution in [-0.4, -0.2) is 66.3 Å². The van der Waals surface area contributed by atoms with Crippen LogP contribution in [0.25, 0.3) is 10.8 Å². The highest BCUT2D eigenvalue weighted by atomic mass is 32.2. The van der Waals surface area contributed by atoms with E-state index in [9.17, 15) is 56.4 Å². The van der Waals surface area contributed by atoms with E-state index in [1.165, 1.54) is 6.21 Å². The molecule has 45 heavy (non-hydrogen) atoms. The zero-order valence-electron chi connectivity index (χ0n) is 22.8. The van der Waals surface area contributed by atoms with E-state index in [-0.39, 0.29) is 16.5 Å². The Labute approximate surface area is 253 Å². The fraction of sp³-hybridized carbons (Fsp3) is 0.0800. The van der Waals surface area contributed by atoms with E-state index in [4.69, 9.17) is 0 Å². The summed E-state index contributed by atoms with van der Waals surface area (Å²) >= 11 is 0. The Morgan fingerprint density at radius 3 is 1.98 bits per heavy atom. The van der Waals surface area contributed by atoms with Crippen molar-refractivity contribution in [3.05, 3.63) is 80.4 Å². The number of rotatable bonds is 9. The van der Waals surface area contributed by atoms with E-state index in [1.54, 1.807) is 24.3 Å². The lowest BCUT2D eigenvalue weighted by atomic mass is 10.1. The van der Waals surface area contributed by atoms with Crippen molar-refractivity contribution in [3.63, 3.8) is 0 Å². The molecule has 0 amide bonds. The molecule has 0 saturated carbocycles. The van der Waals surface area contributed by atoms with Gasteiger partial charge in [-0.1, -0.05) is 12.1 Å². The molecule has 0 bridgehead atoms.